The van der Waals surface area contributed by atoms with E-state index >= 15 is 0 Å². The fourth-order valence-corrected chi connectivity index (χ4v) is 4.40. The summed E-state index contributed by atoms with van der Waals surface area (Å²) in [6.07, 6.45) is 2.69. The number of rotatable bonds is 4. The summed E-state index contributed by atoms with van der Waals surface area (Å²) in [6.45, 7) is 3.87. The highest BCUT2D eigenvalue weighted by Gasteiger charge is 2.28. The number of nitrogens with one attached hydrogen (secondary N) is 1. The van der Waals surface area contributed by atoms with Crippen molar-refractivity contribution >= 4 is 11.6 Å². The van der Waals surface area contributed by atoms with Crippen LogP contribution >= 0.6 is 0 Å². The minimum atomic E-state index is -0.347. The molecule has 5 rings (SSSR count). The highest BCUT2D eigenvalue weighted by Crippen LogP contribution is 2.28. The molecular weight excluding hydrogens is 402 g/mol. The third-order valence-corrected chi connectivity index (χ3v) is 6.22. The Labute approximate surface area is 185 Å². The van der Waals surface area contributed by atoms with Crippen molar-refractivity contribution in [1.29, 1.82) is 0 Å². The van der Waals surface area contributed by atoms with Crippen LogP contribution in [0.2, 0.25) is 0 Å². The summed E-state index contributed by atoms with van der Waals surface area (Å²) < 4.78 is 5.18. The number of anilines is 1. The summed E-state index contributed by atoms with van der Waals surface area (Å²) in [6, 6.07) is 17.5. The number of aryl methyl sites for hydroxylation is 1. The Morgan fingerprint density at radius 3 is 2.41 bits per heavy atom. The summed E-state index contributed by atoms with van der Waals surface area (Å²) >= 11 is 0. The molecule has 7 heteroatoms. The number of carbonyl (C=O) groups excluding carboxylic acids is 1. The fraction of sp³-hybridized carbons (Fsp3) is 0.240. The quantitative estimate of drug-likeness (QED) is 0.539. The average Bonchev–Trinajstić information content (AvgIpc) is 3.46. The summed E-state index contributed by atoms with van der Waals surface area (Å²) in [5.41, 5.74) is 5.99. The van der Waals surface area contributed by atoms with Gasteiger partial charge in [0, 0.05) is 18.3 Å². The van der Waals surface area contributed by atoms with Crippen LogP contribution in [0, 0.1) is 13.8 Å². The number of amides is 1. The standard InChI is InChI=1S/C25H25N5O2/c1-16-12-14-18(15-13-16)29-21-11-7-10-20(21)23(27-29)24(31)26-22-17(2)28(3)30(25(22)32)19-8-5-4-6-9-19/h4-6,8-9,12-15H,7,10-11H2,1-3H3,(H,26,31). The molecule has 0 bridgehead atoms. The van der Waals surface area contributed by atoms with Crippen molar-refractivity contribution in [3.63, 3.8) is 0 Å². The van der Waals surface area contributed by atoms with Crippen molar-refractivity contribution in [3.05, 3.63) is 93.2 Å². The fourth-order valence-electron chi connectivity index (χ4n) is 4.40. The third kappa shape index (κ3) is 3.17. The molecule has 2 aromatic carbocycles. The molecule has 0 atom stereocenters. The lowest BCUT2D eigenvalue weighted by Crippen LogP contribution is -2.23. The molecule has 0 fully saturated rings. The Kier molecular flexibility index (Phi) is 4.81. The second-order valence-corrected chi connectivity index (χ2v) is 8.27. The van der Waals surface area contributed by atoms with E-state index in [4.69, 9.17) is 0 Å². The van der Waals surface area contributed by atoms with Gasteiger partial charge in [-0.25, -0.2) is 9.36 Å². The molecule has 1 aliphatic carbocycles. The molecule has 162 valence electrons. The van der Waals surface area contributed by atoms with Gasteiger partial charge in [0.25, 0.3) is 11.5 Å². The molecular formula is C25H25N5O2. The number of fused-ring (bicyclic) bond motifs is 1. The first kappa shape index (κ1) is 20.1. The predicted molar refractivity (Wildman–Crippen MR) is 124 cm³/mol. The first-order valence-electron chi connectivity index (χ1n) is 10.8. The molecule has 1 N–H and O–H groups in total. The van der Waals surface area contributed by atoms with E-state index in [-0.39, 0.29) is 17.2 Å². The number of aromatic nitrogens is 4. The maximum absolute atomic E-state index is 13.3. The SMILES string of the molecule is Cc1ccc(-n2nc(C(=O)Nc3c(C)n(C)n(-c4ccccc4)c3=O)c3c2CCC3)cc1. The molecule has 0 radical (unpaired) electrons. The summed E-state index contributed by atoms with van der Waals surface area (Å²) in [5.74, 6) is -0.347. The Morgan fingerprint density at radius 2 is 1.69 bits per heavy atom. The Hall–Kier alpha value is -3.87. The van der Waals surface area contributed by atoms with Gasteiger partial charge in [0.1, 0.15) is 5.69 Å². The maximum Gasteiger partial charge on any atom is 0.295 e. The van der Waals surface area contributed by atoms with E-state index in [1.54, 1.807) is 9.36 Å². The van der Waals surface area contributed by atoms with Crippen LogP contribution in [0.4, 0.5) is 5.69 Å². The Morgan fingerprint density at radius 1 is 0.969 bits per heavy atom. The first-order chi connectivity index (χ1) is 15.5. The molecule has 0 aliphatic heterocycles. The van der Waals surface area contributed by atoms with Crippen LogP contribution in [0.3, 0.4) is 0 Å². The molecule has 0 unspecified atom stereocenters. The molecule has 2 heterocycles. The molecule has 0 saturated heterocycles. The van der Waals surface area contributed by atoms with E-state index < -0.39 is 0 Å². The lowest BCUT2D eigenvalue weighted by Gasteiger charge is -2.07. The van der Waals surface area contributed by atoms with Gasteiger partial charge < -0.3 is 5.32 Å². The lowest BCUT2D eigenvalue weighted by atomic mass is 10.2. The second-order valence-electron chi connectivity index (χ2n) is 8.27. The third-order valence-electron chi connectivity index (χ3n) is 6.22. The van der Waals surface area contributed by atoms with Crippen molar-refractivity contribution in [1.82, 2.24) is 19.1 Å². The molecule has 32 heavy (non-hydrogen) atoms. The van der Waals surface area contributed by atoms with Crippen LogP contribution in [-0.4, -0.2) is 25.1 Å². The molecule has 4 aromatic rings. The maximum atomic E-state index is 13.3. The molecule has 0 spiro atoms. The van der Waals surface area contributed by atoms with Gasteiger partial charge in [-0.15, -0.1) is 0 Å². The van der Waals surface area contributed by atoms with Crippen LogP contribution in [-0.2, 0) is 19.9 Å². The van der Waals surface area contributed by atoms with Gasteiger partial charge in [0.15, 0.2) is 5.69 Å². The minimum Gasteiger partial charge on any atom is -0.314 e. The molecule has 1 aliphatic rings. The molecule has 2 aromatic heterocycles. The zero-order valence-corrected chi connectivity index (χ0v) is 18.4. The summed E-state index contributed by atoms with van der Waals surface area (Å²) in [4.78, 5) is 26.5. The van der Waals surface area contributed by atoms with Crippen LogP contribution in [0.1, 0.15) is 39.4 Å². The minimum absolute atomic E-state index is 0.265. The van der Waals surface area contributed by atoms with Gasteiger partial charge in [-0.2, -0.15) is 5.10 Å². The molecule has 0 saturated carbocycles. The number of hydrogen-bond acceptors (Lipinski definition) is 3. The van der Waals surface area contributed by atoms with E-state index in [9.17, 15) is 9.59 Å². The van der Waals surface area contributed by atoms with E-state index in [2.05, 4.69) is 10.4 Å². The van der Waals surface area contributed by atoms with Gasteiger partial charge >= 0.3 is 0 Å². The van der Waals surface area contributed by atoms with E-state index in [1.807, 2.05) is 80.2 Å². The van der Waals surface area contributed by atoms with Crippen LogP contribution < -0.4 is 10.9 Å². The Bertz CT molecular complexity index is 1370. The van der Waals surface area contributed by atoms with Gasteiger partial charge in [0.2, 0.25) is 0 Å². The summed E-state index contributed by atoms with van der Waals surface area (Å²) in [7, 11) is 1.81. The zero-order valence-electron chi connectivity index (χ0n) is 18.4. The van der Waals surface area contributed by atoms with E-state index in [0.29, 0.717) is 11.4 Å². The van der Waals surface area contributed by atoms with Crippen molar-refractivity contribution in [2.75, 3.05) is 5.32 Å². The first-order valence-corrected chi connectivity index (χ1v) is 10.8. The van der Waals surface area contributed by atoms with Crippen molar-refractivity contribution in [2.24, 2.45) is 7.05 Å². The average molecular weight is 428 g/mol. The number of benzene rings is 2. The van der Waals surface area contributed by atoms with E-state index in [1.165, 1.54) is 5.56 Å². The molecule has 1 amide bonds. The van der Waals surface area contributed by atoms with Gasteiger partial charge in [-0.3, -0.25) is 14.3 Å². The normalized spacial score (nSPS) is 12.7. The van der Waals surface area contributed by atoms with Crippen molar-refractivity contribution in [3.8, 4) is 11.4 Å². The largest absolute Gasteiger partial charge is 0.314 e. The van der Waals surface area contributed by atoms with Crippen molar-refractivity contribution < 1.29 is 4.79 Å². The van der Waals surface area contributed by atoms with Crippen LogP contribution in [0.25, 0.3) is 11.4 Å². The van der Waals surface area contributed by atoms with Gasteiger partial charge in [-0.05, 0) is 57.4 Å². The number of hydrogen-bond donors (Lipinski definition) is 1. The predicted octanol–water partition coefficient (Wildman–Crippen LogP) is 3.72. The zero-order chi connectivity index (χ0) is 22.4. The number of nitrogens with zero attached hydrogens (tertiary/aromatic N) is 4. The topological polar surface area (TPSA) is 73.8 Å². The molecule has 7 nitrogen and oxygen atoms in total. The van der Waals surface area contributed by atoms with Crippen LogP contribution in [0.5, 0.6) is 0 Å². The highest BCUT2D eigenvalue weighted by atomic mass is 16.2. The van der Waals surface area contributed by atoms with Crippen molar-refractivity contribution in [2.45, 2.75) is 33.1 Å². The van der Waals surface area contributed by atoms with Gasteiger partial charge in [-0.1, -0.05) is 35.9 Å². The summed E-state index contributed by atoms with van der Waals surface area (Å²) in [5, 5.41) is 7.52. The van der Waals surface area contributed by atoms with Crippen LogP contribution in [0.15, 0.2) is 59.4 Å². The van der Waals surface area contributed by atoms with Gasteiger partial charge in [0.05, 0.1) is 17.1 Å². The Balaban J connectivity index is 1.53. The van der Waals surface area contributed by atoms with E-state index in [0.717, 1.165) is 41.9 Å². The smallest absolute Gasteiger partial charge is 0.295 e. The monoisotopic (exact) mass is 427 g/mol. The lowest BCUT2D eigenvalue weighted by molar-refractivity contribution is 0.102. The number of para-hydroxylation sites is 1. The highest BCUT2D eigenvalue weighted by molar-refractivity contribution is 6.04. The second kappa shape index (κ2) is 7.67. The number of carbonyl (C=O) groups is 1.